The Morgan fingerprint density at radius 1 is 1.35 bits per heavy atom. The van der Waals surface area contributed by atoms with E-state index in [4.69, 9.17) is 0 Å². The summed E-state index contributed by atoms with van der Waals surface area (Å²) >= 11 is 1.25. The van der Waals surface area contributed by atoms with Crippen LogP contribution in [0.5, 0.6) is 0 Å². The Balaban J connectivity index is 1.75. The normalized spacial score (nSPS) is 16.5. The van der Waals surface area contributed by atoms with Crippen LogP contribution in [0.4, 0.5) is 5.13 Å². The fourth-order valence-corrected chi connectivity index (χ4v) is 3.62. The molecule has 6 heteroatoms. The lowest BCUT2D eigenvalue weighted by Crippen LogP contribution is -2.31. The third kappa shape index (κ3) is 3.59. The van der Waals surface area contributed by atoms with Gasteiger partial charge in [-0.25, -0.2) is 4.98 Å². The first kappa shape index (κ1) is 15.7. The van der Waals surface area contributed by atoms with E-state index in [1.165, 1.54) is 35.0 Å². The number of thiazole rings is 1. The van der Waals surface area contributed by atoms with Gasteiger partial charge in [0.25, 0.3) is 5.91 Å². The molecule has 1 heterocycles. The molecule has 23 heavy (non-hydrogen) atoms. The minimum Gasteiger partial charge on any atom is -0.344 e. The van der Waals surface area contributed by atoms with Crippen LogP contribution in [0.3, 0.4) is 0 Å². The van der Waals surface area contributed by atoms with Crippen molar-refractivity contribution in [3.05, 3.63) is 46.0 Å². The Morgan fingerprint density at radius 2 is 2.17 bits per heavy atom. The van der Waals surface area contributed by atoms with Crippen molar-refractivity contribution < 1.29 is 9.59 Å². The van der Waals surface area contributed by atoms with E-state index in [9.17, 15) is 9.59 Å². The summed E-state index contributed by atoms with van der Waals surface area (Å²) in [4.78, 5) is 27.6. The van der Waals surface area contributed by atoms with Gasteiger partial charge in [0.1, 0.15) is 5.69 Å². The van der Waals surface area contributed by atoms with Crippen LogP contribution in [-0.2, 0) is 11.2 Å². The van der Waals surface area contributed by atoms with Crippen LogP contribution in [0.25, 0.3) is 0 Å². The summed E-state index contributed by atoms with van der Waals surface area (Å²) < 4.78 is 0. The minimum atomic E-state index is -0.197. The summed E-state index contributed by atoms with van der Waals surface area (Å²) in [5.41, 5.74) is 4.07. The molecule has 2 amide bonds. The first-order chi connectivity index (χ1) is 11.0. The molecule has 0 aliphatic heterocycles. The van der Waals surface area contributed by atoms with Gasteiger partial charge in [-0.05, 0) is 37.3 Å². The first-order valence-corrected chi connectivity index (χ1v) is 8.54. The average molecular weight is 329 g/mol. The molecule has 0 fully saturated rings. The van der Waals surface area contributed by atoms with Gasteiger partial charge >= 0.3 is 0 Å². The number of aromatic nitrogens is 1. The molecular formula is C17H19N3O2S. The van der Waals surface area contributed by atoms with Gasteiger partial charge in [-0.1, -0.05) is 23.8 Å². The molecule has 2 aromatic rings. The zero-order valence-corrected chi connectivity index (χ0v) is 14.0. The molecular weight excluding hydrogens is 310 g/mol. The maximum atomic E-state index is 12.4. The summed E-state index contributed by atoms with van der Waals surface area (Å²) in [5, 5.41) is 7.79. The van der Waals surface area contributed by atoms with Crippen LogP contribution < -0.4 is 10.6 Å². The molecule has 0 spiro atoms. The van der Waals surface area contributed by atoms with E-state index in [0.717, 1.165) is 19.3 Å². The Labute approximate surface area is 139 Å². The van der Waals surface area contributed by atoms with E-state index in [1.807, 2.05) is 0 Å². The fourth-order valence-electron chi connectivity index (χ4n) is 2.89. The summed E-state index contributed by atoms with van der Waals surface area (Å²) in [6.07, 6.45) is 3.06. The highest BCUT2D eigenvalue weighted by Crippen LogP contribution is 2.30. The molecule has 3 rings (SSSR count). The molecule has 0 bridgehead atoms. The molecule has 120 valence electrons. The lowest BCUT2D eigenvalue weighted by molar-refractivity contribution is -0.114. The van der Waals surface area contributed by atoms with Crippen molar-refractivity contribution in [2.45, 2.75) is 39.2 Å². The summed E-state index contributed by atoms with van der Waals surface area (Å²) in [6, 6.07) is 6.45. The van der Waals surface area contributed by atoms with Crippen LogP contribution in [0.15, 0.2) is 23.6 Å². The van der Waals surface area contributed by atoms with Crippen molar-refractivity contribution in [2.24, 2.45) is 0 Å². The second-order valence-corrected chi connectivity index (χ2v) is 6.70. The van der Waals surface area contributed by atoms with E-state index >= 15 is 0 Å². The van der Waals surface area contributed by atoms with Gasteiger partial charge in [0.15, 0.2) is 5.13 Å². The minimum absolute atomic E-state index is 0.0251. The number of fused-ring (bicyclic) bond motifs is 1. The number of rotatable bonds is 3. The third-order valence-electron chi connectivity index (χ3n) is 3.94. The Kier molecular flexibility index (Phi) is 4.43. The largest absolute Gasteiger partial charge is 0.344 e. The number of anilines is 1. The number of carbonyl (C=O) groups excluding carboxylic acids is 2. The maximum Gasteiger partial charge on any atom is 0.271 e. The van der Waals surface area contributed by atoms with Gasteiger partial charge in [-0.2, -0.15) is 0 Å². The lowest BCUT2D eigenvalue weighted by Gasteiger charge is -2.26. The summed E-state index contributed by atoms with van der Waals surface area (Å²) in [5.74, 6) is -0.389. The monoisotopic (exact) mass is 329 g/mol. The molecule has 5 nitrogen and oxygen atoms in total. The molecule has 1 aromatic carbocycles. The number of aryl methyl sites for hydroxylation is 2. The Bertz CT molecular complexity index is 754. The fraction of sp³-hybridized carbons (Fsp3) is 0.353. The van der Waals surface area contributed by atoms with Crippen molar-refractivity contribution in [1.29, 1.82) is 0 Å². The quantitative estimate of drug-likeness (QED) is 0.908. The van der Waals surface area contributed by atoms with Crippen LogP contribution >= 0.6 is 11.3 Å². The van der Waals surface area contributed by atoms with Gasteiger partial charge in [0.05, 0.1) is 6.04 Å². The molecule has 1 aromatic heterocycles. The highest BCUT2D eigenvalue weighted by molar-refractivity contribution is 7.14. The van der Waals surface area contributed by atoms with Crippen molar-refractivity contribution in [1.82, 2.24) is 10.3 Å². The molecule has 1 atom stereocenters. The third-order valence-corrected chi connectivity index (χ3v) is 4.70. The number of hydrogen-bond acceptors (Lipinski definition) is 4. The standard InChI is InChI=1S/C17H19N3O2S/c1-10-6-7-12-4-3-5-14(13(12)8-10)19-16(22)15-9-23-17(20-15)18-11(2)21/h6-9,14H,3-5H2,1-2H3,(H,19,22)(H,18,20,21)/t14-/m0/s1. The number of nitrogens with one attached hydrogen (secondary N) is 2. The van der Waals surface area contributed by atoms with Gasteiger partial charge in [-0.3, -0.25) is 9.59 Å². The molecule has 0 saturated heterocycles. The average Bonchev–Trinajstić information content (AvgIpc) is 2.95. The van der Waals surface area contributed by atoms with Crippen LogP contribution in [0.2, 0.25) is 0 Å². The molecule has 2 N–H and O–H groups in total. The van der Waals surface area contributed by atoms with Crippen LogP contribution in [-0.4, -0.2) is 16.8 Å². The molecule has 1 aliphatic carbocycles. The molecule has 0 saturated carbocycles. The molecule has 0 unspecified atom stereocenters. The van der Waals surface area contributed by atoms with Crippen molar-refractivity contribution in [3.63, 3.8) is 0 Å². The van der Waals surface area contributed by atoms with Gasteiger partial charge in [0, 0.05) is 12.3 Å². The number of carbonyl (C=O) groups is 2. The first-order valence-electron chi connectivity index (χ1n) is 7.66. The summed E-state index contributed by atoms with van der Waals surface area (Å²) in [6.45, 7) is 3.48. The van der Waals surface area contributed by atoms with Crippen LogP contribution in [0, 0.1) is 6.92 Å². The Morgan fingerprint density at radius 3 is 2.96 bits per heavy atom. The zero-order valence-electron chi connectivity index (χ0n) is 13.2. The second kappa shape index (κ2) is 6.50. The van der Waals surface area contributed by atoms with Crippen molar-refractivity contribution in [2.75, 3.05) is 5.32 Å². The zero-order chi connectivity index (χ0) is 16.4. The van der Waals surface area contributed by atoms with Gasteiger partial charge in [0.2, 0.25) is 5.91 Å². The van der Waals surface area contributed by atoms with E-state index in [2.05, 4.69) is 40.7 Å². The van der Waals surface area contributed by atoms with Crippen molar-refractivity contribution in [3.8, 4) is 0 Å². The predicted molar refractivity (Wildman–Crippen MR) is 90.7 cm³/mol. The number of nitrogens with zero attached hydrogens (tertiary/aromatic N) is 1. The van der Waals surface area contributed by atoms with Crippen LogP contribution in [0.1, 0.15) is 53.0 Å². The maximum absolute atomic E-state index is 12.4. The predicted octanol–water partition coefficient (Wildman–Crippen LogP) is 3.22. The van der Waals surface area contributed by atoms with E-state index in [-0.39, 0.29) is 17.9 Å². The number of benzene rings is 1. The molecule has 1 aliphatic rings. The van der Waals surface area contributed by atoms with E-state index < -0.39 is 0 Å². The lowest BCUT2D eigenvalue weighted by atomic mass is 9.86. The highest BCUT2D eigenvalue weighted by Gasteiger charge is 2.23. The molecule has 0 radical (unpaired) electrons. The smallest absolute Gasteiger partial charge is 0.271 e. The van der Waals surface area contributed by atoms with Gasteiger partial charge < -0.3 is 10.6 Å². The van der Waals surface area contributed by atoms with E-state index in [0.29, 0.717) is 10.8 Å². The van der Waals surface area contributed by atoms with E-state index in [1.54, 1.807) is 5.38 Å². The van der Waals surface area contributed by atoms with Gasteiger partial charge in [-0.15, -0.1) is 11.3 Å². The SMILES string of the molecule is CC(=O)Nc1nc(C(=O)N[C@H]2CCCc3ccc(C)cc32)cs1. The number of hydrogen-bond donors (Lipinski definition) is 2. The summed E-state index contributed by atoms with van der Waals surface area (Å²) in [7, 11) is 0. The van der Waals surface area contributed by atoms with Crippen molar-refractivity contribution >= 4 is 28.3 Å². The topological polar surface area (TPSA) is 71.1 Å². The second-order valence-electron chi connectivity index (χ2n) is 5.84. The number of amides is 2. The highest BCUT2D eigenvalue weighted by atomic mass is 32.1. The Hall–Kier alpha value is -2.21.